The number of nitrogens with zero attached hydrogens (tertiary/aromatic N) is 1. The van der Waals surface area contributed by atoms with Crippen LogP contribution in [-0.2, 0) is 11.2 Å². The molecule has 128 valence electrons. The zero-order chi connectivity index (χ0) is 16.8. The zero-order valence-electron chi connectivity index (χ0n) is 14.7. The molecule has 1 aliphatic heterocycles. The van der Waals surface area contributed by atoms with Crippen molar-refractivity contribution in [2.45, 2.75) is 25.4 Å². The van der Waals surface area contributed by atoms with Gasteiger partial charge in [0.15, 0.2) is 0 Å². The molecule has 0 aromatic heterocycles. The maximum absolute atomic E-state index is 5.81. The van der Waals surface area contributed by atoms with Crippen molar-refractivity contribution in [3.05, 3.63) is 54.1 Å². The van der Waals surface area contributed by atoms with E-state index in [0.29, 0.717) is 12.7 Å². The molecule has 2 aromatic rings. The predicted octanol–water partition coefficient (Wildman–Crippen LogP) is 4.02. The molecule has 0 aliphatic carbocycles. The third-order valence-corrected chi connectivity index (χ3v) is 4.46. The van der Waals surface area contributed by atoms with Crippen molar-refractivity contribution in [3.8, 4) is 16.9 Å². The normalized spacial score (nSPS) is 17.4. The maximum atomic E-state index is 5.81. The zero-order valence-corrected chi connectivity index (χ0v) is 14.7. The third-order valence-electron chi connectivity index (χ3n) is 4.46. The lowest BCUT2D eigenvalue weighted by atomic mass is 9.95. The van der Waals surface area contributed by atoms with Crippen LogP contribution in [0.15, 0.2) is 48.5 Å². The molecule has 3 nitrogen and oxygen atoms in total. The Morgan fingerprint density at radius 1 is 1.08 bits per heavy atom. The highest BCUT2D eigenvalue weighted by Crippen LogP contribution is 2.28. The summed E-state index contributed by atoms with van der Waals surface area (Å²) in [6.07, 6.45) is 3.73. The minimum Gasteiger partial charge on any atom is -0.492 e. The first kappa shape index (κ1) is 17.0. The Hall–Kier alpha value is -1.84. The Morgan fingerprint density at radius 2 is 1.88 bits per heavy atom. The largest absolute Gasteiger partial charge is 0.492 e. The molecule has 0 amide bonds. The van der Waals surface area contributed by atoms with Gasteiger partial charge in [-0.1, -0.05) is 36.4 Å². The first-order valence-corrected chi connectivity index (χ1v) is 8.80. The second-order valence-corrected chi connectivity index (χ2v) is 6.67. The second kappa shape index (κ2) is 8.32. The summed E-state index contributed by atoms with van der Waals surface area (Å²) in [7, 11) is 4.11. The Morgan fingerprint density at radius 3 is 2.58 bits per heavy atom. The lowest BCUT2D eigenvalue weighted by Gasteiger charge is -2.15. The van der Waals surface area contributed by atoms with Crippen molar-refractivity contribution in [2.24, 2.45) is 0 Å². The smallest absolute Gasteiger partial charge is 0.119 e. The number of hydrogen-bond acceptors (Lipinski definition) is 3. The summed E-state index contributed by atoms with van der Waals surface area (Å²) < 4.78 is 11.6. The van der Waals surface area contributed by atoms with Gasteiger partial charge in [0.25, 0.3) is 0 Å². The van der Waals surface area contributed by atoms with Gasteiger partial charge >= 0.3 is 0 Å². The molecule has 0 saturated carbocycles. The highest BCUT2D eigenvalue weighted by atomic mass is 16.5. The molecule has 1 saturated heterocycles. The van der Waals surface area contributed by atoms with E-state index in [1.54, 1.807) is 0 Å². The molecule has 2 aromatic carbocycles. The average molecular weight is 325 g/mol. The highest BCUT2D eigenvalue weighted by Gasteiger charge is 2.17. The molecule has 3 heteroatoms. The van der Waals surface area contributed by atoms with Gasteiger partial charge in [-0.3, -0.25) is 0 Å². The standard InChI is InChI=1S/C21H27NO2/c1-22(2)13-15-24-19-11-9-17(10-12-19)21-8-4-3-6-18(21)16-20-7-5-14-23-20/h3-4,6,8-12,20H,5,7,13-16H2,1-2H3/t20-/m0/s1. The number of hydrogen-bond donors (Lipinski definition) is 0. The van der Waals surface area contributed by atoms with Gasteiger partial charge in [0.1, 0.15) is 12.4 Å². The van der Waals surface area contributed by atoms with Crippen molar-refractivity contribution in [3.63, 3.8) is 0 Å². The van der Waals surface area contributed by atoms with Crippen LogP contribution in [-0.4, -0.2) is 44.9 Å². The Balaban J connectivity index is 1.69. The van der Waals surface area contributed by atoms with E-state index in [2.05, 4.69) is 67.5 Å². The van der Waals surface area contributed by atoms with Gasteiger partial charge in [-0.05, 0) is 62.2 Å². The van der Waals surface area contributed by atoms with Gasteiger partial charge in [-0.25, -0.2) is 0 Å². The van der Waals surface area contributed by atoms with E-state index in [0.717, 1.165) is 25.3 Å². The predicted molar refractivity (Wildman–Crippen MR) is 98.6 cm³/mol. The topological polar surface area (TPSA) is 21.7 Å². The molecule has 1 heterocycles. The molecular weight excluding hydrogens is 298 g/mol. The van der Waals surface area contributed by atoms with Crippen LogP contribution < -0.4 is 4.74 Å². The van der Waals surface area contributed by atoms with Crippen molar-refractivity contribution in [2.75, 3.05) is 33.9 Å². The molecule has 1 atom stereocenters. The average Bonchev–Trinajstić information content (AvgIpc) is 3.09. The van der Waals surface area contributed by atoms with E-state index in [1.165, 1.54) is 29.5 Å². The first-order chi connectivity index (χ1) is 11.7. The summed E-state index contributed by atoms with van der Waals surface area (Å²) >= 11 is 0. The monoisotopic (exact) mass is 325 g/mol. The molecule has 24 heavy (non-hydrogen) atoms. The van der Waals surface area contributed by atoms with E-state index < -0.39 is 0 Å². The van der Waals surface area contributed by atoms with Crippen molar-refractivity contribution in [1.82, 2.24) is 4.90 Å². The fourth-order valence-electron chi connectivity index (χ4n) is 3.11. The van der Waals surface area contributed by atoms with Gasteiger partial charge in [0, 0.05) is 13.2 Å². The van der Waals surface area contributed by atoms with Crippen LogP contribution >= 0.6 is 0 Å². The summed E-state index contributed by atoms with van der Waals surface area (Å²) in [5.41, 5.74) is 3.90. The summed E-state index contributed by atoms with van der Waals surface area (Å²) in [5.74, 6) is 0.928. The van der Waals surface area contributed by atoms with Crippen molar-refractivity contribution >= 4 is 0 Å². The van der Waals surface area contributed by atoms with E-state index in [9.17, 15) is 0 Å². The molecule has 0 spiro atoms. The molecule has 0 bridgehead atoms. The summed E-state index contributed by atoms with van der Waals surface area (Å²) in [6, 6.07) is 17.1. The first-order valence-electron chi connectivity index (χ1n) is 8.80. The highest BCUT2D eigenvalue weighted by molar-refractivity contribution is 5.68. The lowest BCUT2D eigenvalue weighted by Crippen LogP contribution is -2.19. The van der Waals surface area contributed by atoms with Crippen molar-refractivity contribution < 1.29 is 9.47 Å². The summed E-state index contributed by atoms with van der Waals surface area (Å²) in [4.78, 5) is 2.12. The number of likely N-dealkylation sites (N-methyl/N-ethyl adjacent to an activating group) is 1. The third kappa shape index (κ3) is 4.59. The SMILES string of the molecule is CN(C)CCOc1ccc(-c2ccccc2C[C@@H]2CCCO2)cc1. The van der Waals surface area contributed by atoms with Crippen LogP contribution in [0.1, 0.15) is 18.4 Å². The fraction of sp³-hybridized carbons (Fsp3) is 0.429. The van der Waals surface area contributed by atoms with E-state index in [1.807, 2.05) is 0 Å². The summed E-state index contributed by atoms with van der Waals surface area (Å²) in [5, 5.41) is 0. The minimum absolute atomic E-state index is 0.375. The van der Waals surface area contributed by atoms with Crippen molar-refractivity contribution in [1.29, 1.82) is 0 Å². The van der Waals surface area contributed by atoms with Crippen LogP contribution in [0.25, 0.3) is 11.1 Å². The number of ether oxygens (including phenoxy) is 2. The van der Waals surface area contributed by atoms with Gasteiger partial charge < -0.3 is 14.4 Å². The molecule has 0 N–H and O–H groups in total. The van der Waals surface area contributed by atoms with E-state index in [-0.39, 0.29) is 0 Å². The molecule has 1 aliphatic rings. The van der Waals surface area contributed by atoms with E-state index in [4.69, 9.17) is 9.47 Å². The lowest BCUT2D eigenvalue weighted by molar-refractivity contribution is 0.111. The quantitative estimate of drug-likeness (QED) is 0.767. The van der Waals surface area contributed by atoms with Crippen LogP contribution in [0.3, 0.4) is 0 Å². The molecule has 0 unspecified atom stereocenters. The van der Waals surface area contributed by atoms with Gasteiger partial charge in [0.05, 0.1) is 6.10 Å². The molecule has 3 rings (SSSR count). The van der Waals surface area contributed by atoms with Gasteiger partial charge in [-0.2, -0.15) is 0 Å². The minimum atomic E-state index is 0.375. The Labute approximate surface area is 145 Å². The van der Waals surface area contributed by atoms with Gasteiger partial charge in [0.2, 0.25) is 0 Å². The van der Waals surface area contributed by atoms with E-state index >= 15 is 0 Å². The Kier molecular flexibility index (Phi) is 5.89. The Bertz CT molecular complexity index is 631. The molecule has 0 radical (unpaired) electrons. The van der Waals surface area contributed by atoms with Crippen LogP contribution in [0.5, 0.6) is 5.75 Å². The molecular formula is C21H27NO2. The number of rotatable bonds is 7. The second-order valence-electron chi connectivity index (χ2n) is 6.67. The van der Waals surface area contributed by atoms with Crippen LogP contribution in [0.2, 0.25) is 0 Å². The maximum Gasteiger partial charge on any atom is 0.119 e. The molecule has 1 fully saturated rings. The van der Waals surface area contributed by atoms with Crippen LogP contribution in [0.4, 0.5) is 0 Å². The van der Waals surface area contributed by atoms with Gasteiger partial charge in [-0.15, -0.1) is 0 Å². The fourth-order valence-corrected chi connectivity index (χ4v) is 3.11. The number of benzene rings is 2. The summed E-state index contributed by atoms with van der Waals surface area (Å²) in [6.45, 7) is 2.54. The van der Waals surface area contributed by atoms with Crippen LogP contribution in [0, 0.1) is 0 Å².